The van der Waals surface area contributed by atoms with Gasteiger partial charge in [-0.15, -0.1) is 0 Å². The molecule has 1 fully saturated rings. The fraction of sp³-hybridized carbons (Fsp3) is 0.250. The maximum Gasteiger partial charge on any atom is 0.293 e. The number of aryl methyl sites for hydroxylation is 1. The van der Waals surface area contributed by atoms with E-state index in [9.17, 15) is 44.3 Å². The summed E-state index contributed by atoms with van der Waals surface area (Å²) < 4.78 is 161. The number of carbonyl (C=O) groups is 1. The second-order valence-electron chi connectivity index (χ2n) is 15.3. The molecule has 332 valence electrons. The van der Waals surface area contributed by atoms with Gasteiger partial charge in [0.25, 0.3) is 17.9 Å². The number of rotatable bonds is 11. The van der Waals surface area contributed by atoms with Crippen LogP contribution in [0.1, 0.15) is 53.1 Å². The van der Waals surface area contributed by atoms with E-state index in [1.165, 1.54) is 19.2 Å². The van der Waals surface area contributed by atoms with E-state index in [0.717, 1.165) is 45.8 Å². The number of anilines is 1. The molecule has 1 saturated carbocycles. The number of amides is 1. The van der Waals surface area contributed by atoms with Gasteiger partial charge in [0, 0.05) is 36.6 Å². The molecule has 7 aromatic rings. The highest BCUT2D eigenvalue weighted by Gasteiger charge is 2.67. The van der Waals surface area contributed by atoms with Crippen molar-refractivity contribution in [1.82, 2.24) is 39.4 Å². The van der Waals surface area contributed by atoms with E-state index in [4.69, 9.17) is 11.6 Å². The quantitative estimate of drug-likeness (QED) is 0.0998. The maximum absolute atomic E-state index is 15.5. The van der Waals surface area contributed by atoms with Crippen LogP contribution >= 0.6 is 11.6 Å². The third-order valence-corrected chi connectivity index (χ3v) is 11.9. The lowest BCUT2D eigenvalue weighted by Crippen LogP contribution is -2.38. The summed E-state index contributed by atoms with van der Waals surface area (Å²) in [6.07, 6.45) is -3.12. The van der Waals surface area contributed by atoms with Gasteiger partial charge in [-0.25, -0.2) is 49.1 Å². The van der Waals surface area contributed by atoms with E-state index in [0.29, 0.717) is 16.8 Å². The lowest BCUT2D eigenvalue weighted by atomic mass is 10.0. The summed E-state index contributed by atoms with van der Waals surface area (Å²) in [7, 11) is -2.62. The summed E-state index contributed by atoms with van der Waals surface area (Å²) in [5.41, 5.74) is -4.89. The van der Waals surface area contributed by atoms with E-state index < -0.39 is 122 Å². The molecule has 9 rings (SSSR count). The number of carbonyl (C=O) groups excluding carboxylic acids is 1. The third kappa shape index (κ3) is 7.19. The van der Waals surface area contributed by atoms with Gasteiger partial charge in [-0.05, 0) is 66.4 Å². The summed E-state index contributed by atoms with van der Waals surface area (Å²) in [6, 6.07) is 6.86. The average Bonchev–Trinajstić information content (AvgIpc) is 3.75. The summed E-state index contributed by atoms with van der Waals surface area (Å²) in [5.74, 6) is -14.9. The van der Waals surface area contributed by atoms with Gasteiger partial charge in [0.15, 0.2) is 28.9 Å². The Morgan fingerprint density at radius 3 is 2.38 bits per heavy atom. The Hall–Kier alpha value is -6.49. The molecule has 2 aliphatic carbocycles. The van der Waals surface area contributed by atoms with Gasteiger partial charge in [0.1, 0.15) is 35.4 Å². The van der Waals surface area contributed by atoms with Gasteiger partial charge >= 0.3 is 0 Å². The average molecular weight is 936 g/mol. The van der Waals surface area contributed by atoms with Crippen LogP contribution in [-0.2, 0) is 40.8 Å². The van der Waals surface area contributed by atoms with Crippen molar-refractivity contribution in [3.63, 3.8) is 0 Å². The summed E-state index contributed by atoms with van der Waals surface area (Å²) >= 11 is 6.57. The Bertz CT molecular complexity index is 3300. The first-order chi connectivity index (χ1) is 30.1. The first kappa shape index (κ1) is 42.8. The molecule has 2 aliphatic rings. The van der Waals surface area contributed by atoms with Crippen molar-refractivity contribution in [2.45, 2.75) is 43.7 Å². The zero-order chi connectivity index (χ0) is 45.9. The van der Waals surface area contributed by atoms with E-state index in [2.05, 4.69) is 30.2 Å². The Kier molecular flexibility index (Phi) is 10.1. The molecule has 64 heavy (non-hydrogen) atoms. The number of aromatic nitrogens is 7. The van der Waals surface area contributed by atoms with Gasteiger partial charge in [0.2, 0.25) is 15.9 Å². The number of hydrogen-bond acceptors (Lipinski definition) is 8. The molecule has 13 nitrogen and oxygen atoms in total. The summed E-state index contributed by atoms with van der Waals surface area (Å²) in [4.78, 5) is 37.8. The number of nitrogens with zero attached hydrogens (tertiary/aromatic N) is 7. The monoisotopic (exact) mass is 935 g/mol. The van der Waals surface area contributed by atoms with Crippen LogP contribution in [0.2, 0.25) is 5.02 Å². The van der Waals surface area contributed by atoms with Gasteiger partial charge in [-0.3, -0.25) is 28.2 Å². The van der Waals surface area contributed by atoms with E-state index in [1.54, 1.807) is 0 Å². The maximum atomic E-state index is 15.5. The molecular weight excluding hydrogens is 909 g/mol. The van der Waals surface area contributed by atoms with Gasteiger partial charge in [-0.2, -0.15) is 19.0 Å². The van der Waals surface area contributed by atoms with Crippen LogP contribution in [0.4, 0.5) is 45.3 Å². The van der Waals surface area contributed by atoms with Crippen LogP contribution in [0.5, 0.6) is 0 Å². The standard InChI is InChI=1S/C40H27ClF9N9O4S/c1-57-33-26(8-5-22(41)29(33)37(55-57)56-64(2,62)63)59-38(53-36-19(39(59)61)4-7-24(52-36)18-3-6-23(44)31(46)30(18)45)25(11-15-9-16(42)12-17(43)10-15)51-27(60)14-58-34-28(32(54-58)35(47)48)20-13-21(20)40(34,49)50/h3-10,12,20-21,25,35H,11,13-14H2,1-2H3,(H,51,60)(H,55,56)/t20?,21?,25-/m0/s1. The van der Waals surface area contributed by atoms with Gasteiger partial charge < -0.3 is 5.32 Å². The first-order valence-electron chi connectivity index (χ1n) is 18.8. The highest BCUT2D eigenvalue weighted by molar-refractivity contribution is 7.92. The van der Waals surface area contributed by atoms with Crippen LogP contribution in [0, 0.1) is 35.0 Å². The molecule has 4 heterocycles. The van der Waals surface area contributed by atoms with E-state index in [-0.39, 0.29) is 56.1 Å². The molecular formula is C40H27ClF9N9O4S. The molecule has 1 amide bonds. The second-order valence-corrected chi connectivity index (χ2v) is 17.5. The van der Waals surface area contributed by atoms with Crippen LogP contribution in [0.25, 0.3) is 38.9 Å². The number of fused-ring (bicyclic) bond motifs is 5. The minimum absolute atomic E-state index is 0.0223. The SMILES string of the molecule is Cn1nc(NS(C)(=O)=O)c2c(Cl)ccc(-n3c([C@H](Cc4cc(F)cc(F)c4)NC(=O)Cn4nc(C(F)F)c5c4C(F)(F)C4CC54)nc4nc(-c5ccc(F)c(F)c5F)ccc4c3=O)c21. The minimum Gasteiger partial charge on any atom is -0.344 e. The highest BCUT2D eigenvalue weighted by atomic mass is 35.5. The fourth-order valence-corrected chi connectivity index (χ4v) is 9.07. The van der Waals surface area contributed by atoms with Gasteiger partial charge in [-0.1, -0.05) is 11.6 Å². The van der Waals surface area contributed by atoms with Gasteiger partial charge in [0.05, 0.1) is 45.0 Å². The van der Waals surface area contributed by atoms with Crippen LogP contribution < -0.4 is 15.6 Å². The number of pyridine rings is 1. The first-order valence-corrected chi connectivity index (χ1v) is 21.1. The number of benzene rings is 3. The second kappa shape index (κ2) is 15.1. The van der Waals surface area contributed by atoms with Crippen molar-refractivity contribution < 1.29 is 52.7 Å². The van der Waals surface area contributed by atoms with Crippen molar-refractivity contribution in [2.75, 3.05) is 11.0 Å². The zero-order valence-electron chi connectivity index (χ0n) is 32.6. The zero-order valence-corrected chi connectivity index (χ0v) is 34.2. The van der Waals surface area contributed by atoms with Crippen molar-refractivity contribution >= 4 is 55.3 Å². The third-order valence-electron chi connectivity index (χ3n) is 11.0. The number of nitrogens with one attached hydrogen (secondary N) is 2. The normalized spacial score (nSPS) is 17.0. The van der Waals surface area contributed by atoms with Crippen molar-refractivity contribution in [3.05, 3.63) is 127 Å². The predicted molar refractivity (Wildman–Crippen MR) is 211 cm³/mol. The molecule has 3 aromatic carbocycles. The minimum atomic E-state index is -3.99. The highest BCUT2D eigenvalue weighted by Crippen LogP contribution is 2.68. The van der Waals surface area contributed by atoms with Crippen molar-refractivity contribution in [3.8, 4) is 16.9 Å². The summed E-state index contributed by atoms with van der Waals surface area (Å²) in [5, 5.41) is 10.00. The van der Waals surface area contributed by atoms with Crippen LogP contribution in [0.3, 0.4) is 0 Å². The predicted octanol–water partition coefficient (Wildman–Crippen LogP) is 7.50. The number of hydrogen-bond donors (Lipinski definition) is 2. The molecule has 0 spiro atoms. The molecule has 3 atom stereocenters. The molecule has 0 radical (unpaired) electrons. The Labute approximate surface area is 358 Å². The van der Waals surface area contributed by atoms with Crippen molar-refractivity contribution in [1.29, 1.82) is 0 Å². The molecule has 0 aliphatic heterocycles. The van der Waals surface area contributed by atoms with Crippen LogP contribution in [-0.4, -0.2) is 54.7 Å². The lowest BCUT2D eigenvalue weighted by molar-refractivity contribution is -0.123. The number of sulfonamides is 1. The van der Waals surface area contributed by atoms with Crippen LogP contribution in [0.15, 0.2) is 59.4 Å². The molecule has 0 bridgehead atoms. The number of halogens is 10. The van der Waals surface area contributed by atoms with E-state index in [1.807, 2.05) is 0 Å². The lowest BCUT2D eigenvalue weighted by Gasteiger charge is -2.24. The topological polar surface area (TPSA) is 159 Å². The van der Waals surface area contributed by atoms with E-state index >= 15 is 13.2 Å². The fourth-order valence-electron chi connectivity index (χ4n) is 8.33. The smallest absolute Gasteiger partial charge is 0.293 e. The molecule has 24 heteroatoms. The summed E-state index contributed by atoms with van der Waals surface area (Å²) in [6.45, 7) is -1.10. The largest absolute Gasteiger partial charge is 0.344 e. The molecule has 2 unspecified atom stereocenters. The van der Waals surface area contributed by atoms with Crippen molar-refractivity contribution in [2.24, 2.45) is 13.0 Å². The Morgan fingerprint density at radius 1 is 0.969 bits per heavy atom. The number of alkyl halides is 4. The Balaban J connectivity index is 1.27. The molecule has 0 saturated heterocycles. The molecule has 2 N–H and O–H groups in total. The Morgan fingerprint density at radius 2 is 1.69 bits per heavy atom. The molecule has 4 aromatic heterocycles.